The van der Waals surface area contributed by atoms with Gasteiger partial charge in [0.05, 0.1) is 29.1 Å². The van der Waals surface area contributed by atoms with E-state index in [-0.39, 0.29) is 48.3 Å². The van der Waals surface area contributed by atoms with Crippen LogP contribution in [0, 0.1) is 5.41 Å². The van der Waals surface area contributed by atoms with Crippen molar-refractivity contribution in [3.63, 3.8) is 0 Å². The number of fused-ring (bicyclic) bond motifs is 5. The molecule has 1 N–H and O–H groups in total. The van der Waals surface area contributed by atoms with E-state index in [2.05, 4.69) is 28.6 Å². The Labute approximate surface area is 253 Å². The Morgan fingerprint density at radius 2 is 1.91 bits per heavy atom. The number of carbonyl (C=O) groups excluding carboxylic acids is 1. The number of benzene rings is 1. The largest absolute Gasteiger partial charge is 0.494 e. The minimum Gasteiger partial charge on any atom is -0.494 e. The lowest BCUT2D eigenvalue weighted by molar-refractivity contribution is -0.190. The van der Waals surface area contributed by atoms with E-state index in [1.54, 1.807) is 24.4 Å². The van der Waals surface area contributed by atoms with Gasteiger partial charge in [0.2, 0.25) is 5.88 Å². The third kappa shape index (κ3) is 5.83. The average molecular weight is 634 g/mol. The summed E-state index contributed by atoms with van der Waals surface area (Å²) >= 11 is 0. The maximum absolute atomic E-state index is 13.6. The van der Waals surface area contributed by atoms with Crippen LogP contribution in [0.3, 0.4) is 0 Å². The molecule has 1 saturated heterocycles. The maximum atomic E-state index is 13.6. The van der Waals surface area contributed by atoms with Gasteiger partial charge in [-0.2, -0.15) is 13.2 Å². The van der Waals surface area contributed by atoms with Gasteiger partial charge in [0.15, 0.2) is 5.82 Å². The predicted molar refractivity (Wildman–Crippen MR) is 155 cm³/mol. The van der Waals surface area contributed by atoms with Crippen molar-refractivity contribution in [3.05, 3.63) is 54.2 Å². The number of pyridine rings is 1. The molecule has 44 heavy (non-hydrogen) atoms. The van der Waals surface area contributed by atoms with Crippen LogP contribution in [0.25, 0.3) is 5.82 Å². The second-order valence-electron chi connectivity index (χ2n) is 12.3. The highest BCUT2D eigenvalue weighted by Gasteiger charge is 2.62. The van der Waals surface area contributed by atoms with Crippen LogP contribution in [0.5, 0.6) is 11.6 Å². The fourth-order valence-corrected chi connectivity index (χ4v) is 7.09. The molecule has 1 atom stereocenters. The number of halogens is 3. The van der Waals surface area contributed by atoms with Gasteiger partial charge in [0.1, 0.15) is 11.6 Å². The lowest BCUT2D eigenvalue weighted by Crippen LogP contribution is -2.45. The molecule has 4 heterocycles. The molecular formula is C30H34F3N5O5S. The molecule has 2 aliphatic heterocycles. The van der Waals surface area contributed by atoms with Crippen LogP contribution in [-0.4, -0.2) is 60.1 Å². The summed E-state index contributed by atoms with van der Waals surface area (Å²) in [5.74, 6) is 0.375. The summed E-state index contributed by atoms with van der Waals surface area (Å²) in [6, 6.07) is 10.6. The number of aromatic nitrogens is 3. The molecule has 10 nitrogen and oxygen atoms in total. The van der Waals surface area contributed by atoms with Crippen molar-refractivity contribution in [1.29, 1.82) is 0 Å². The number of alkyl halides is 3. The van der Waals surface area contributed by atoms with E-state index >= 15 is 0 Å². The van der Waals surface area contributed by atoms with Crippen LogP contribution in [0.1, 0.15) is 69.2 Å². The van der Waals surface area contributed by atoms with Gasteiger partial charge in [-0.3, -0.25) is 4.79 Å². The molecule has 0 spiro atoms. The van der Waals surface area contributed by atoms with E-state index in [9.17, 15) is 26.4 Å². The van der Waals surface area contributed by atoms with Gasteiger partial charge in [-0.1, -0.05) is 6.07 Å². The van der Waals surface area contributed by atoms with E-state index < -0.39 is 33.1 Å². The monoisotopic (exact) mass is 633 g/mol. The normalized spacial score (nSPS) is 22.2. The minimum atomic E-state index is -4.25. The molecule has 1 amide bonds. The van der Waals surface area contributed by atoms with Crippen molar-refractivity contribution in [2.24, 2.45) is 5.41 Å². The highest BCUT2D eigenvalue weighted by Crippen LogP contribution is 2.59. The van der Waals surface area contributed by atoms with Crippen molar-refractivity contribution in [1.82, 2.24) is 19.5 Å². The van der Waals surface area contributed by atoms with Crippen LogP contribution in [-0.2, 0) is 10.0 Å². The first-order valence-corrected chi connectivity index (χ1v) is 16.1. The molecule has 2 bridgehead atoms. The molecule has 1 saturated carbocycles. The number of nitrogens with zero attached hydrogens (tertiary/aromatic N) is 4. The minimum absolute atomic E-state index is 0.00803. The molecule has 0 unspecified atom stereocenters. The molecule has 236 valence electrons. The number of sulfonamides is 1. The second kappa shape index (κ2) is 11.0. The molecule has 2 fully saturated rings. The van der Waals surface area contributed by atoms with Crippen molar-refractivity contribution < 1.29 is 35.9 Å². The number of carbonyl (C=O) groups is 1. The predicted octanol–water partition coefficient (Wildman–Crippen LogP) is 5.42. The summed E-state index contributed by atoms with van der Waals surface area (Å²) in [4.78, 5) is 20.4. The van der Waals surface area contributed by atoms with Crippen molar-refractivity contribution in [2.45, 2.75) is 81.4 Å². The molecule has 1 aliphatic carbocycles. The zero-order valence-corrected chi connectivity index (χ0v) is 25.2. The van der Waals surface area contributed by atoms with Gasteiger partial charge < -0.3 is 14.4 Å². The van der Waals surface area contributed by atoms with Crippen molar-refractivity contribution in [3.8, 4) is 17.4 Å². The quantitative estimate of drug-likeness (QED) is 0.396. The van der Waals surface area contributed by atoms with Crippen LogP contribution >= 0.6 is 0 Å². The summed E-state index contributed by atoms with van der Waals surface area (Å²) in [5.41, 5.74) is -1.97. The number of amides is 1. The van der Waals surface area contributed by atoms with Gasteiger partial charge in [-0.25, -0.2) is 22.8 Å². The highest BCUT2D eigenvalue weighted by atomic mass is 32.2. The highest BCUT2D eigenvalue weighted by molar-refractivity contribution is 7.90. The van der Waals surface area contributed by atoms with Gasteiger partial charge in [0.25, 0.3) is 15.9 Å². The van der Waals surface area contributed by atoms with Gasteiger partial charge >= 0.3 is 6.18 Å². The summed E-state index contributed by atoms with van der Waals surface area (Å²) in [5, 5.41) is 4.35. The van der Waals surface area contributed by atoms with Gasteiger partial charge in [-0.05, 0) is 83.1 Å². The summed E-state index contributed by atoms with van der Waals surface area (Å²) in [6.45, 7) is 4.37. The number of hydrogen-bond acceptors (Lipinski definition) is 8. The fourth-order valence-electron chi connectivity index (χ4n) is 6.09. The Hall–Kier alpha value is -3.81. The van der Waals surface area contributed by atoms with Crippen LogP contribution in [0.2, 0.25) is 0 Å². The average Bonchev–Trinajstić information content (AvgIpc) is 3.51. The van der Waals surface area contributed by atoms with E-state index in [1.165, 1.54) is 28.9 Å². The molecule has 3 aromatic rings. The third-order valence-electron chi connectivity index (χ3n) is 8.82. The first-order valence-electron chi connectivity index (χ1n) is 14.6. The van der Waals surface area contributed by atoms with E-state index in [0.717, 1.165) is 19.3 Å². The molecule has 1 aromatic carbocycles. The van der Waals surface area contributed by atoms with Crippen molar-refractivity contribution >= 4 is 21.7 Å². The van der Waals surface area contributed by atoms with Crippen LogP contribution in [0.4, 0.5) is 19.0 Å². The maximum Gasteiger partial charge on any atom is 0.394 e. The van der Waals surface area contributed by atoms with Crippen LogP contribution in [0.15, 0.2) is 53.6 Å². The Balaban J connectivity index is 1.32. The Morgan fingerprint density at radius 1 is 1.11 bits per heavy atom. The molecule has 14 heteroatoms. The van der Waals surface area contributed by atoms with Gasteiger partial charge in [0, 0.05) is 29.9 Å². The SMILES string of the molecule is CC1(C)CC[C@H]2CCCOc3cccc(c3)S(=O)(=O)NC(=O)c3ccc(-n4ccc(OCCC5(C(F)(F)F)CC5)n4)nc3N21. The molecule has 6 rings (SSSR count). The first-order chi connectivity index (χ1) is 20.8. The Bertz CT molecular complexity index is 1670. The van der Waals surface area contributed by atoms with Crippen LogP contribution < -0.4 is 19.1 Å². The van der Waals surface area contributed by atoms with E-state index in [0.29, 0.717) is 30.4 Å². The zero-order chi connectivity index (χ0) is 31.3. The smallest absolute Gasteiger partial charge is 0.394 e. The molecule has 2 aromatic heterocycles. The van der Waals surface area contributed by atoms with E-state index in [1.807, 2.05) is 0 Å². The first kappa shape index (κ1) is 30.2. The summed E-state index contributed by atoms with van der Waals surface area (Å²) in [7, 11) is -4.23. The zero-order valence-electron chi connectivity index (χ0n) is 24.4. The molecule has 0 radical (unpaired) electrons. The lowest BCUT2D eigenvalue weighted by atomic mass is 10.0. The second-order valence-corrected chi connectivity index (χ2v) is 14.0. The Morgan fingerprint density at radius 3 is 2.66 bits per heavy atom. The van der Waals surface area contributed by atoms with Gasteiger partial charge in [-0.15, -0.1) is 5.10 Å². The summed E-state index contributed by atoms with van der Waals surface area (Å²) < 4.78 is 81.2. The number of ether oxygens (including phenoxy) is 2. The number of hydrogen-bond donors (Lipinski definition) is 1. The Kier molecular flexibility index (Phi) is 7.53. The topological polar surface area (TPSA) is 116 Å². The fraction of sp³-hybridized carbons (Fsp3) is 0.500. The molecular weight excluding hydrogens is 599 g/mol. The number of anilines is 1. The molecule has 3 aliphatic rings. The lowest BCUT2D eigenvalue weighted by Gasteiger charge is -2.38. The standard InChI is InChI=1S/C30H34F3N5O5S/c1-28(2)12-10-20-5-4-17-42-21-6-3-7-22(19-21)44(40,41)36-27(39)23-8-9-24(34-26(23)38(20)28)37-16-11-25(35-37)43-18-15-29(13-14-29)30(31,32)33/h3,6-9,11,16,19-20H,4-5,10,12-15,17-18H2,1-2H3,(H,36,39)/t20-/m1/s1. The van der Waals surface area contributed by atoms with E-state index in [4.69, 9.17) is 14.5 Å². The third-order valence-corrected chi connectivity index (χ3v) is 10.1. The number of nitrogens with one attached hydrogen (secondary N) is 1. The number of rotatable bonds is 5. The summed E-state index contributed by atoms with van der Waals surface area (Å²) in [6.07, 6.45) is 0.517. The van der Waals surface area contributed by atoms with Crippen molar-refractivity contribution in [2.75, 3.05) is 18.1 Å².